The molecule has 0 saturated heterocycles. The van der Waals surface area contributed by atoms with Crippen LogP contribution in [0.15, 0.2) is 15.7 Å². The van der Waals surface area contributed by atoms with Gasteiger partial charge in [-0.2, -0.15) is 0 Å². The van der Waals surface area contributed by atoms with Gasteiger partial charge in [0.2, 0.25) is 0 Å². The Balaban J connectivity index is 3.26. The molecule has 0 atom stereocenters. The minimum Gasteiger partial charge on any atom is -0.378 e. The molecule has 5 heteroatoms. The average Bonchev–Trinajstić information content (AvgIpc) is 2.01. The number of H-pyrrole nitrogens is 1. The summed E-state index contributed by atoms with van der Waals surface area (Å²) in [5, 5.41) is 0. The van der Waals surface area contributed by atoms with Crippen LogP contribution < -0.4 is 11.2 Å². The third-order valence-electron chi connectivity index (χ3n) is 1.84. The predicted molar refractivity (Wildman–Crippen MR) is 52.4 cm³/mol. The second kappa shape index (κ2) is 4.23. The zero-order valence-electron chi connectivity index (χ0n) is 8.53. The maximum atomic E-state index is 11.5. The van der Waals surface area contributed by atoms with E-state index < -0.39 is 0 Å². The van der Waals surface area contributed by atoms with E-state index in [1.165, 1.54) is 17.7 Å². The van der Waals surface area contributed by atoms with Gasteiger partial charge in [0.05, 0.1) is 12.3 Å². The second-order valence-corrected chi connectivity index (χ2v) is 3.33. The lowest BCUT2D eigenvalue weighted by molar-refractivity contribution is 0.180. The van der Waals surface area contributed by atoms with Gasteiger partial charge in [-0.1, -0.05) is 0 Å². The molecule has 5 nitrogen and oxygen atoms in total. The Morgan fingerprint density at radius 2 is 2.14 bits per heavy atom. The quantitative estimate of drug-likeness (QED) is 0.757. The third kappa shape index (κ3) is 2.11. The summed E-state index contributed by atoms with van der Waals surface area (Å²) in [4.78, 5) is 25.5. The van der Waals surface area contributed by atoms with E-state index in [2.05, 4.69) is 4.98 Å². The van der Waals surface area contributed by atoms with E-state index in [0.29, 0.717) is 5.69 Å². The van der Waals surface area contributed by atoms with E-state index in [1.807, 2.05) is 0 Å². The molecule has 14 heavy (non-hydrogen) atoms. The van der Waals surface area contributed by atoms with Crippen LogP contribution in [0.2, 0.25) is 0 Å². The zero-order valence-corrected chi connectivity index (χ0v) is 8.53. The number of aromatic amines is 1. The van der Waals surface area contributed by atoms with Crippen LogP contribution in [0.1, 0.15) is 25.6 Å². The zero-order chi connectivity index (χ0) is 10.7. The minimum absolute atomic E-state index is 0.136. The molecule has 0 unspecified atom stereocenters. The largest absolute Gasteiger partial charge is 0.378 e. The normalized spacial score (nSPS) is 10.9. The van der Waals surface area contributed by atoms with Crippen molar-refractivity contribution in [1.29, 1.82) is 0 Å². The van der Waals surface area contributed by atoms with E-state index in [4.69, 9.17) is 4.74 Å². The molecule has 78 valence electrons. The van der Waals surface area contributed by atoms with Crippen molar-refractivity contribution in [3.63, 3.8) is 0 Å². The van der Waals surface area contributed by atoms with Crippen molar-refractivity contribution < 1.29 is 4.74 Å². The highest BCUT2D eigenvalue weighted by atomic mass is 16.5. The summed E-state index contributed by atoms with van der Waals surface area (Å²) in [6.45, 7) is 3.81. The number of aromatic nitrogens is 2. The Hall–Kier alpha value is -1.36. The highest BCUT2D eigenvalue weighted by Crippen LogP contribution is 1.95. The molecule has 1 aromatic rings. The summed E-state index contributed by atoms with van der Waals surface area (Å²) in [6.07, 6.45) is 0. The fourth-order valence-corrected chi connectivity index (χ4v) is 1.27. The Morgan fingerprint density at radius 3 is 2.57 bits per heavy atom. The number of rotatable bonds is 3. The molecule has 0 spiro atoms. The fourth-order valence-electron chi connectivity index (χ4n) is 1.27. The lowest BCUT2D eigenvalue weighted by atomic mass is 10.3. The summed E-state index contributed by atoms with van der Waals surface area (Å²) in [5.74, 6) is 0. The standard InChI is InChI=1S/C9H14N2O3/c1-6(2)11-8(12)4-7(5-14-3)10-9(11)13/h4,6H,5H2,1-3H3,(H,10,13). The first-order valence-electron chi connectivity index (χ1n) is 4.40. The van der Waals surface area contributed by atoms with Crippen molar-refractivity contribution >= 4 is 0 Å². The summed E-state index contributed by atoms with van der Waals surface area (Å²) in [5.41, 5.74) is -0.185. The molecule has 0 aliphatic carbocycles. The van der Waals surface area contributed by atoms with Crippen molar-refractivity contribution in [2.24, 2.45) is 0 Å². The monoisotopic (exact) mass is 198 g/mol. The molecular formula is C9H14N2O3. The molecular weight excluding hydrogens is 184 g/mol. The Labute approximate surface area is 81.3 Å². The number of hydrogen-bond acceptors (Lipinski definition) is 3. The molecule has 0 aliphatic rings. The molecule has 0 saturated carbocycles. The van der Waals surface area contributed by atoms with Crippen LogP contribution in [0.5, 0.6) is 0 Å². The van der Waals surface area contributed by atoms with E-state index in [1.54, 1.807) is 13.8 Å². The maximum absolute atomic E-state index is 11.5. The van der Waals surface area contributed by atoms with Gasteiger partial charge >= 0.3 is 5.69 Å². The smallest absolute Gasteiger partial charge is 0.328 e. The SMILES string of the molecule is COCc1cc(=O)n(C(C)C)c(=O)[nH]1. The van der Waals surface area contributed by atoms with E-state index in [-0.39, 0.29) is 23.9 Å². The van der Waals surface area contributed by atoms with Gasteiger partial charge < -0.3 is 9.72 Å². The fraction of sp³-hybridized carbons (Fsp3) is 0.556. The van der Waals surface area contributed by atoms with Crippen LogP contribution in [0.3, 0.4) is 0 Å². The first kappa shape index (κ1) is 10.7. The van der Waals surface area contributed by atoms with Crippen LogP contribution in [-0.2, 0) is 11.3 Å². The molecule has 0 amide bonds. The summed E-state index contributed by atoms with van der Waals surface area (Å²) in [7, 11) is 1.51. The van der Waals surface area contributed by atoms with Crippen molar-refractivity contribution in [3.05, 3.63) is 32.6 Å². The maximum Gasteiger partial charge on any atom is 0.328 e. The third-order valence-corrected chi connectivity index (χ3v) is 1.84. The lowest BCUT2D eigenvalue weighted by Crippen LogP contribution is -2.36. The molecule has 1 rings (SSSR count). The van der Waals surface area contributed by atoms with Gasteiger partial charge in [-0.25, -0.2) is 4.79 Å². The van der Waals surface area contributed by atoms with E-state index in [0.717, 1.165) is 0 Å². The van der Waals surface area contributed by atoms with E-state index in [9.17, 15) is 9.59 Å². The van der Waals surface area contributed by atoms with Crippen molar-refractivity contribution in [2.45, 2.75) is 26.5 Å². The highest BCUT2D eigenvalue weighted by Gasteiger charge is 2.06. The van der Waals surface area contributed by atoms with Crippen LogP contribution in [-0.4, -0.2) is 16.7 Å². The van der Waals surface area contributed by atoms with E-state index >= 15 is 0 Å². The lowest BCUT2D eigenvalue weighted by Gasteiger charge is -2.08. The molecule has 0 aromatic carbocycles. The molecule has 0 fully saturated rings. The number of ether oxygens (including phenoxy) is 1. The second-order valence-electron chi connectivity index (χ2n) is 3.33. The van der Waals surface area contributed by atoms with Crippen LogP contribution >= 0.6 is 0 Å². The predicted octanol–water partition coefficient (Wildman–Crippen LogP) is 0.264. The Morgan fingerprint density at radius 1 is 1.50 bits per heavy atom. The summed E-state index contributed by atoms with van der Waals surface area (Å²) in [6, 6.07) is 1.24. The minimum atomic E-state index is -0.389. The van der Waals surface area contributed by atoms with Gasteiger partial charge in [0.1, 0.15) is 0 Å². The van der Waals surface area contributed by atoms with Crippen LogP contribution in [0.4, 0.5) is 0 Å². The van der Waals surface area contributed by atoms with Gasteiger partial charge in [0.15, 0.2) is 0 Å². The van der Waals surface area contributed by atoms with Gasteiger partial charge in [-0.3, -0.25) is 9.36 Å². The number of methoxy groups -OCH3 is 1. The Kier molecular flexibility index (Phi) is 3.24. The molecule has 0 bridgehead atoms. The summed E-state index contributed by atoms with van der Waals surface area (Å²) < 4.78 is 5.99. The number of hydrogen-bond donors (Lipinski definition) is 1. The molecule has 1 N–H and O–H groups in total. The molecule has 1 heterocycles. The van der Waals surface area contributed by atoms with Crippen molar-refractivity contribution in [1.82, 2.24) is 9.55 Å². The van der Waals surface area contributed by atoms with Gasteiger partial charge in [-0.05, 0) is 13.8 Å². The number of nitrogens with one attached hydrogen (secondary N) is 1. The molecule has 0 radical (unpaired) electrons. The van der Waals surface area contributed by atoms with Crippen molar-refractivity contribution in [3.8, 4) is 0 Å². The van der Waals surface area contributed by atoms with Gasteiger partial charge in [0, 0.05) is 19.2 Å². The first-order chi connectivity index (χ1) is 6.56. The Bertz CT molecular complexity index is 386. The van der Waals surface area contributed by atoms with Crippen LogP contribution in [0, 0.1) is 0 Å². The van der Waals surface area contributed by atoms with Crippen LogP contribution in [0.25, 0.3) is 0 Å². The first-order valence-corrected chi connectivity index (χ1v) is 4.40. The average molecular weight is 198 g/mol. The summed E-state index contributed by atoms with van der Waals surface area (Å²) >= 11 is 0. The van der Waals surface area contributed by atoms with Gasteiger partial charge in [-0.15, -0.1) is 0 Å². The van der Waals surface area contributed by atoms with Crippen molar-refractivity contribution in [2.75, 3.05) is 7.11 Å². The highest BCUT2D eigenvalue weighted by molar-refractivity contribution is 4.98. The number of nitrogens with zero attached hydrogens (tertiary/aromatic N) is 1. The molecule has 0 aliphatic heterocycles. The molecule has 1 aromatic heterocycles. The topological polar surface area (TPSA) is 64.1 Å². The van der Waals surface area contributed by atoms with Gasteiger partial charge in [0.25, 0.3) is 5.56 Å².